The lowest BCUT2D eigenvalue weighted by Gasteiger charge is -2.29. The third-order valence-electron chi connectivity index (χ3n) is 7.51. The quantitative estimate of drug-likeness (QED) is 0.0441. The molecule has 290 valence electrons. The van der Waals surface area contributed by atoms with Crippen molar-refractivity contribution in [3.8, 4) is 0 Å². The lowest BCUT2D eigenvalue weighted by atomic mass is 9.97. The number of aliphatic hydroxyl groups excluding tert-OH is 2. The fourth-order valence-corrected chi connectivity index (χ4v) is 4.43. The molecule has 0 unspecified atom stereocenters. The summed E-state index contributed by atoms with van der Waals surface area (Å²) in [5.41, 5.74) is 16.0. The van der Waals surface area contributed by atoms with Crippen molar-refractivity contribution in [2.75, 3.05) is 13.2 Å². The van der Waals surface area contributed by atoms with Gasteiger partial charge in [-0.1, -0.05) is 34.1 Å². The van der Waals surface area contributed by atoms with Crippen molar-refractivity contribution in [1.82, 2.24) is 31.9 Å². The van der Waals surface area contributed by atoms with E-state index in [1.54, 1.807) is 27.7 Å². The Morgan fingerprint density at radius 2 is 1.24 bits per heavy atom. The first-order valence-corrected chi connectivity index (χ1v) is 16.3. The molecule has 0 radical (unpaired) electrons. The maximum Gasteiger partial charge on any atom is 0.328 e. The number of carboxylic acid groups (broad SMARTS) is 1. The number of nitrogens with one attached hydrogen (secondary N) is 6. The molecule has 8 amide bonds. The van der Waals surface area contributed by atoms with Crippen molar-refractivity contribution < 1.29 is 58.5 Å². The number of primary amides is 2. The topological polar surface area (TPSA) is 365 Å². The summed E-state index contributed by atoms with van der Waals surface area (Å²) in [6.07, 6.45) is -2.44. The predicted octanol–water partition coefficient (Wildman–Crippen LogP) is -5.46. The summed E-state index contributed by atoms with van der Waals surface area (Å²) in [5.74, 6) is -9.54. The van der Waals surface area contributed by atoms with Crippen molar-refractivity contribution in [1.29, 1.82) is 0 Å². The Morgan fingerprint density at radius 1 is 0.686 bits per heavy atom. The lowest BCUT2D eigenvalue weighted by Crippen LogP contribution is -2.62. The van der Waals surface area contributed by atoms with Crippen molar-refractivity contribution in [3.05, 3.63) is 0 Å². The fraction of sp³-hybridized carbons (Fsp3) is 0.700. The van der Waals surface area contributed by atoms with Crippen LogP contribution in [-0.4, -0.2) is 124 Å². The van der Waals surface area contributed by atoms with Gasteiger partial charge in [0.1, 0.15) is 30.2 Å². The Labute approximate surface area is 294 Å². The third kappa shape index (κ3) is 17.6. The highest BCUT2D eigenvalue weighted by molar-refractivity contribution is 5.97. The molecule has 0 heterocycles. The molecule has 21 nitrogen and oxygen atoms in total. The summed E-state index contributed by atoms with van der Waals surface area (Å²) in [6, 6.07) is -8.79. The van der Waals surface area contributed by atoms with Crippen molar-refractivity contribution >= 4 is 53.2 Å². The molecule has 51 heavy (non-hydrogen) atoms. The molecule has 8 atom stereocenters. The third-order valence-corrected chi connectivity index (χ3v) is 7.51. The van der Waals surface area contributed by atoms with Gasteiger partial charge in [0.15, 0.2) is 0 Å². The minimum Gasteiger partial charge on any atom is -0.480 e. The molecule has 0 aliphatic rings. The minimum atomic E-state index is -1.70. The van der Waals surface area contributed by atoms with E-state index in [0.717, 1.165) is 0 Å². The number of rotatable bonds is 24. The number of aliphatic hydroxyl groups is 2. The van der Waals surface area contributed by atoms with Gasteiger partial charge in [-0.25, -0.2) is 4.79 Å². The number of carboxylic acids is 1. The second-order valence-corrected chi connectivity index (χ2v) is 12.5. The zero-order valence-electron chi connectivity index (χ0n) is 29.4. The monoisotopic (exact) mass is 731 g/mol. The predicted molar refractivity (Wildman–Crippen MR) is 178 cm³/mol. The van der Waals surface area contributed by atoms with Crippen LogP contribution in [0.4, 0.5) is 0 Å². The van der Waals surface area contributed by atoms with Gasteiger partial charge in [-0.3, -0.25) is 38.4 Å². The Morgan fingerprint density at radius 3 is 1.71 bits per heavy atom. The molecule has 0 saturated heterocycles. The van der Waals surface area contributed by atoms with E-state index < -0.39 is 127 Å². The Balaban J connectivity index is 6.03. The zero-order chi connectivity index (χ0) is 39.6. The molecule has 0 rings (SSSR count). The summed E-state index contributed by atoms with van der Waals surface area (Å²) in [7, 11) is 0. The number of amides is 8. The molecular weight excluding hydrogens is 678 g/mol. The summed E-state index contributed by atoms with van der Waals surface area (Å²) < 4.78 is 0. The minimum absolute atomic E-state index is 0.0300. The number of hydrogen-bond donors (Lipinski definition) is 12. The van der Waals surface area contributed by atoms with Crippen LogP contribution in [0.25, 0.3) is 0 Å². The summed E-state index contributed by atoms with van der Waals surface area (Å²) in [5, 5.41) is 42.3. The molecular formula is C30H53N9O12. The van der Waals surface area contributed by atoms with Crippen LogP contribution in [0.1, 0.15) is 66.7 Å². The number of aliphatic carboxylic acids is 1. The highest BCUT2D eigenvalue weighted by Gasteiger charge is 2.35. The van der Waals surface area contributed by atoms with Gasteiger partial charge in [0.2, 0.25) is 47.3 Å². The van der Waals surface area contributed by atoms with Crippen molar-refractivity contribution in [3.63, 3.8) is 0 Å². The van der Waals surface area contributed by atoms with E-state index >= 15 is 0 Å². The second kappa shape index (κ2) is 22.8. The Kier molecular flexibility index (Phi) is 20.6. The van der Waals surface area contributed by atoms with Gasteiger partial charge in [0, 0.05) is 6.42 Å². The van der Waals surface area contributed by atoms with Gasteiger partial charge in [-0.2, -0.15) is 0 Å². The van der Waals surface area contributed by atoms with Crippen LogP contribution in [0.3, 0.4) is 0 Å². The maximum atomic E-state index is 13.4. The van der Waals surface area contributed by atoms with E-state index in [1.807, 2.05) is 5.32 Å². The van der Waals surface area contributed by atoms with Gasteiger partial charge in [0.25, 0.3) is 0 Å². The first-order valence-electron chi connectivity index (χ1n) is 16.3. The molecule has 0 aromatic carbocycles. The first-order chi connectivity index (χ1) is 23.6. The highest BCUT2D eigenvalue weighted by Crippen LogP contribution is 2.11. The van der Waals surface area contributed by atoms with E-state index in [9.17, 15) is 48.3 Å². The number of nitrogens with two attached hydrogens (primary N) is 3. The van der Waals surface area contributed by atoms with Crippen LogP contribution in [0.5, 0.6) is 0 Å². The van der Waals surface area contributed by atoms with Crippen LogP contribution in [0.2, 0.25) is 0 Å². The van der Waals surface area contributed by atoms with Crippen LogP contribution < -0.4 is 49.1 Å². The molecule has 0 spiro atoms. The molecule has 0 saturated carbocycles. The van der Waals surface area contributed by atoms with Gasteiger partial charge >= 0.3 is 5.97 Å². The van der Waals surface area contributed by atoms with E-state index in [0.29, 0.717) is 6.42 Å². The Hall–Kier alpha value is -4.89. The Bertz CT molecular complexity index is 1260. The molecule has 0 fully saturated rings. The SMILES string of the molecule is CC[C@H](C)[C@H](NC(=O)[C@@H](N)CC(N)=O)C(=O)N[C@H](C(=O)N[C@@H](CCC(N)=O)C(=O)N[C@@H](CC(C)C)C(=O)NCC(=O)N[C@@H](CO)C(=O)O)[C@@H](C)O. The van der Waals surface area contributed by atoms with Crippen LogP contribution in [0, 0.1) is 11.8 Å². The van der Waals surface area contributed by atoms with Crippen molar-refractivity contribution in [2.24, 2.45) is 29.0 Å². The zero-order valence-corrected chi connectivity index (χ0v) is 29.4. The van der Waals surface area contributed by atoms with Crippen LogP contribution >= 0.6 is 0 Å². The van der Waals surface area contributed by atoms with Gasteiger partial charge in [-0.15, -0.1) is 0 Å². The second-order valence-electron chi connectivity index (χ2n) is 12.5. The summed E-state index contributed by atoms with van der Waals surface area (Å²) in [6.45, 7) is 6.34. The molecule has 0 aliphatic carbocycles. The average Bonchev–Trinajstić information content (AvgIpc) is 3.03. The smallest absolute Gasteiger partial charge is 0.328 e. The molecule has 0 aromatic heterocycles. The normalized spacial score (nSPS) is 15.7. The van der Waals surface area contributed by atoms with E-state index in [4.69, 9.17) is 27.4 Å². The van der Waals surface area contributed by atoms with Gasteiger partial charge in [0.05, 0.1) is 31.7 Å². The van der Waals surface area contributed by atoms with Crippen LogP contribution in [-0.2, 0) is 43.2 Å². The largest absolute Gasteiger partial charge is 0.480 e. The van der Waals surface area contributed by atoms with Crippen molar-refractivity contribution in [2.45, 2.75) is 109 Å². The molecule has 21 heteroatoms. The van der Waals surface area contributed by atoms with Crippen LogP contribution in [0.15, 0.2) is 0 Å². The number of carbonyl (C=O) groups excluding carboxylic acids is 8. The first kappa shape index (κ1) is 46.1. The maximum absolute atomic E-state index is 13.4. The summed E-state index contributed by atoms with van der Waals surface area (Å²) in [4.78, 5) is 112. The van der Waals surface area contributed by atoms with Gasteiger partial charge in [-0.05, 0) is 31.6 Å². The number of hydrogen-bond acceptors (Lipinski definition) is 12. The van der Waals surface area contributed by atoms with Gasteiger partial charge < -0.3 is 64.4 Å². The standard InChI is InChI=1S/C30H53N9O12/c1-6-14(4)23(38-25(45)16(31)10-21(33)43)28(48)39-24(15(5)41)29(49)36-17(7-8-20(32)42)27(47)37-18(9-13(2)3)26(46)34-11-22(44)35-19(12-40)30(50)51/h13-19,23-24,40-41H,6-12,31H2,1-5H3,(H2,32,42)(H2,33,43)(H,34,46)(H,35,44)(H,36,49)(H,37,47)(H,38,45)(H,39,48)(H,50,51)/t14-,15+,16-,17-,18-,19-,23-,24-/m0/s1. The molecule has 0 bridgehead atoms. The molecule has 15 N–H and O–H groups in total. The molecule has 0 aliphatic heterocycles. The lowest BCUT2D eigenvalue weighted by molar-refractivity contribution is -0.143. The van der Waals surface area contributed by atoms with E-state index in [1.165, 1.54) is 6.92 Å². The highest BCUT2D eigenvalue weighted by atomic mass is 16.4. The fourth-order valence-electron chi connectivity index (χ4n) is 4.43. The summed E-state index contributed by atoms with van der Waals surface area (Å²) >= 11 is 0. The number of carbonyl (C=O) groups is 9. The average molecular weight is 732 g/mol. The van der Waals surface area contributed by atoms with E-state index in [-0.39, 0.29) is 18.8 Å². The molecule has 0 aromatic rings. The van der Waals surface area contributed by atoms with E-state index in [2.05, 4.69) is 26.6 Å².